The number of halogens is 1. The summed E-state index contributed by atoms with van der Waals surface area (Å²) in [7, 11) is -3.55. The molecule has 2 N–H and O–H groups in total. The van der Waals surface area contributed by atoms with Crippen molar-refractivity contribution in [2.45, 2.75) is 63.3 Å². The number of ether oxygens (including phenoxy) is 1. The predicted molar refractivity (Wildman–Crippen MR) is 126 cm³/mol. The molecule has 2 aromatic rings. The monoisotopic (exact) mass is 508 g/mol. The number of rotatable bonds is 8. The van der Waals surface area contributed by atoms with Crippen LogP contribution in [0.2, 0.25) is 0 Å². The summed E-state index contributed by atoms with van der Waals surface area (Å²) in [5.74, 6) is 0.172. The first-order valence-electron chi connectivity index (χ1n) is 10.6. The quantitative estimate of drug-likeness (QED) is 0.528. The molecule has 2 aromatic carbocycles. The number of aryl methyl sites for hydroxylation is 2. The molecule has 3 rings (SSSR count). The SMILES string of the molecule is CCc1cc(Br)cc(C)c1NC(=O)COc1ccc(S(=O)(=O)NC2CCCCC2)cc1. The number of hydrogen-bond acceptors (Lipinski definition) is 4. The molecule has 0 saturated heterocycles. The minimum Gasteiger partial charge on any atom is -0.484 e. The number of amides is 1. The van der Waals surface area contributed by atoms with E-state index in [1.165, 1.54) is 18.6 Å². The van der Waals surface area contributed by atoms with Crippen LogP contribution in [-0.2, 0) is 21.2 Å². The molecule has 1 saturated carbocycles. The summed E-state index contributed by atoms with van der Waals surface area (Å²) in [6.45, 7) is 3.82. The van der Waals surface area contributed by atoms with Crippen molar-refractivity contribution in [2.75, 3.05) is 11.9 Å². The highest BCUT2D eigenvalue weighted by Gasteiger charge is 2.21. The fourth-order valence-electron chi connectivity index (χ4n) is 3.82. The largest absolute Gasteiger partial charge is 0.484 e. The molecule has 1 aliphatic rings. The third kappa shape index (κ3) is 6.54. The third-order valence-corrected chi connectivity index (χ3v) is 7.45. The van der Waals surface area contributed by atoms with Gasteiger partial charge in [-0.25, -0.2) is 13.1 Å². The average Bonchev–Trinajstić information content (AvgIpc) is 2.74. The topological polar surface area (TPSA) is 84.5 Å². The lowest BCUT2D eigenvalue weighted by Crippen LogP contribution is -2.36. The van der Waals surface area contributed by atoms with Gasteiger partial charge in [0.2, 0.25) is 10.0 Å². The highest BCUT2D eigenvalue weighted by Crippen LogP contribution is 2.26. The summed E-state index contributed by atoms with van der Waals surface area (Å²) < 4.78 is 34.5. The first kappa shape index (κ1) is 23.8. The molecule has 1 aliphatic carbocycles. The van der Waals surface area contributed by atoms with Crippen LogP contribution in [0.15, 0.2) is 45.8 Å². The molecule has 0 unspecified atom stereocenters. The Kier molecular flexibility index (Phi) is 8.13. The number of nitrogens with one attached hydrogen (secondary N) is 2. The fourth-order valence-corrected chi connectivity index (χ4v) is 5.74. The average molecular weight is 509 g/mol. The number of carbonyl (C=O) groups is 1. The molecule has 168 valence electrons. The Morgan fingerprint density at radius 1 is 1.13 bits per heavy atom. The minimum absolute atomic E-state index is 0.00782. The van der Waals surface area contributed by atoms with E-state index in [0.29, 0.717) is 5.75 Å². The summed E-state index contributed by atoms with van der Waals surface area (Å²) in [4.78, 5) is 12.6. The van der Waals surface area contributed by atoms with Crippen molar-refractivity contribution >= 4 is 37.5 Å². The van der Waals surface area contributed by atoms with Crippen LogP contribution in [0.3, 0.4) is 0 Å². The Balaban J connectivity index is 1.57. The van der Waals surface area contributed by atoms with Gasteiger partial charge in [0, 0.05) is 16.2 Å². The zero-order valence-corrected chi connectivity index (χ0v) is 20.3. The van der Waals surface area contributed by atoms with Gasteiger partial charge in [0.15, 0.2) is 6.61 Å². The van der Waals surface area contributed by atoms with E-state index in [1.807, 2.05) is 26.0 Å². The molecular weight excluding hydrogens is 480 g/mol. The fraction of sp³-hybridized carbons (Fsp3) is 0.435. The van der Waals surface area contributed by atoms with Crippen LogP contribution in [-0.4, -0.2) is 27.0 Å². The van der Waals surface area contributed by atoms with E-state index < -0.39 is 10.0 Å². The van der Waals surface area contributed by atoms with E-state index in [-0.39, 0.29) is 23.5 Å². The van der Waals surface area contributed by atoms with Gasteiger partial charge in [-0.1, -0.05) is 42.1 Å². The zero-order chi connectivity index (χ0) is 22.4. The Morgan fingerprint density at radius 3 is 2.45 bits per heavy atom. The number of hydrogen-bond donors (Lipinski definition) is 2. The van der Waals surface area contributed by atoms with Gasteiger partial charge in [-0.05, 0) is 73.7 Å². The van der Waals surface area contributed by atoms with Crippen molar-refractivity contribution in [3.05, 3.63) is 52.0 Å². The van der Waals surface area contributed by atoms with E-state index in [0.717, 1.165) is 53.4 Å². The maximum Gasteiger partial charge on any atom is 0.262 e. The molecule has 1 fully saturated rings. The van der Waals surface area contributed by atoms with Gasteiger partial charge in [0.05, 0.1) is 4.90 Å². The van der Waals surface area contributed by atoms with Gasteiger partial charge in [0.25, 0.3) is 5.91 Å². The van der Waals surface area contributed by atoms with Gasteiger partial charge in [-0.2, -0.15) is 0 Å². The highest BCUT2D eigenvalue weighted by atomic mass is 79.9. The van der Waals surface area contributed by atoms with E-state index in [9.17, 15) is 13.2 Å². The molecule has 0 bridgehead atoms. The van der Waals surface area contributed by atoms with Gasteiger partial charge in [-0.3, -0.25) is 4.79 Å². The third-order valence-electron chi connectivity index (χ3n) is 5.46. The second-order valence-corrected chi connectivity index (χ2v) is 10.5. The predicted octanol–water partition coefficient (Wildman–Crippen LogP) is 4.95. The van der Waals surface area contributed by atoms with Crippen LogP contribution in [0.4, 0.5) is 5.69 Å². The molecule has 0 heterocycles. The van der Waals surface area contributed by atoms with Crippen LogP contribution in [0.25, 0.3) is 0 Å². The molecule has 31 heavy (non-hydrogen) atoms. The van der Waals surface area contributed by atoms with Gasteiger partial charge in [0.1, 0.15) is 5.75 Å². The molecule has 6 nitrogen and oxygen atoms in total. The molecule has 0 spiro atoms. The number of anilines is 1. The standard InChI is InChI=1S/C23H29BrN2O4S/c1-3-17-14-18(24)13-16(2)23(17)25-22(27)15-30-20-9-11-21(12-10-20)31(28,29)26-19-7-5-4-6-8-19/h9-14,19,26H,3-8,15H2,1-2H3,(H,25,27). The smallest absolute Gasteiger partial charge is 0.262 e. The van der Waals surface area contributed by atoms with Crippen LogP contribution >= 0.6 is 15.9 Å². The summed E-state index contributed by atoms with van der Waals surface area (Å²) in [5.41, 5.74) is 2.81. The zero-order valence-electron chi connectivity index (χ0n) is 17.9. The first-order chi connectivity index (χ1) is 14.8. The van der Waals surface area contributed by atoms with Crippen LogP contribution in [0.5, 0.6) is 5.75 Å². The maximum absolute atomic E-state index is 12.6. The second kappa shape index (κ2) is 10.6. The van der Waals surface area contributed by atoms with E-state index in [1.54, 1.807) is 12.1 Å². The first-order valence-corrected chi connectivity index (χ1v) is 12.9. The van der Waals surface area contributed by atoms with Crippen molar-refractivity contribution in [3.8, 4) is 5.75 Å². The summed E-state index contributed by atoms with van der Waals surface area (Å²) in [5, 5.41) is 2.92. The number of benzene rings is 2. The molecule has 0 aliphatic heterocycles. The Bertz CT molecular complexity index is 1020. The minimum atomic E-state index is -3.55. The van der Waals surface area contributed by atoms with Crippen LogP contribution in [0, 0.1) is 6.92 Å². The Morgan fingerprint density at radius 2 is 1.81 bits per heavy atom. The molecule has 1 amide bonds. The highest BCUT2D eigenvalue weighted by molar-refractivity contribution is 9.10. The lowest BCUT2D eigenvalue weighted by atomic mass is 9.96. The number of carbonyl (C=O) groups excluding carboxylic acids is 1. The van der Waals surface area contributed by atoms with Crippen LogP contribution in [0.1, 0.15) is 50.2 Å². The summed E-state index contributed by atoms with van der Waals surface area (Å²) >= 11 is 3.48. The normalized spacial score (nSPS) is 14.9. The van der Waals surface area contributed by atoms with E-state index >= 15 is 0 Å². The molecule has 0 aromatic heterocycles. The van der Waals surface area contributed by atoms with Crippen LogP contribution < -0.4 is 14.8 Å². The van der Waals surface area contributed by atoms with Gasteiger partial charge < -0.3 is 10.1 Å². The van der Waals surface area contributed by atoms with Crippen molar-refractivity contribution < 1.29 is 17.9 Å². The van der Waals surface area contributed by atoms with Crippen molar-refractivity contribution in [2.24, 2.45) is 0 Å². The van der Waals surface area contributed by atoms with E-state index in [4.69, 9.17) is 4.74 Å². The van der Waals surface area contributed by atoms with E-state index in [2.05, 4.69) is 26.0 Å². The number of sulfonamides is 1. The summed E-state index contributed by atoms with van der Waals surface area (Å²) in [6.07, 6.45) is 5.84. The van der Waals surface area contributed by atoms with Gasteiger partial charge >= 0.3 is 0 Å². The lowest BCUT2D eigenvalue weighted by Gasteiger charge is -2.22. The van der Waals surface area contributed by atoms with Crippen molar-refractivity contribution in [3.63, 3.8) is 0 Å². The lowest BCUT2D eigenvalue weighted by molar-refractivity contribution is -0.118. The van der Waals surface area contributed by atoms with Crippen molar-refractivity contribution in [1.29, 1.82) is 0 Å². The molecule has 0 radical (unpaired) electrons. The Hall–Kier alpha value is -1.90. The summed E-state index contributed by atoms with van der Waals surface area (Å²) in [6, 6.07) is 10.1. The molecular formula is C23H29BrN2O4S. The second-order valence-electron chi connectivity index (χ2n) is 7.87. The van der Waals surface area contributed by atoms with Crippen molar-refractivity contribution in [1.82, 2.24) is 4.72 Å². The molecule has 0 atom stereocenters. The Labute approximate surface area is 193 Å². The molecule has 8 heteroatoms. The van der Waals surface area contributed by atoms with Gasteiger partial charge in [-0.15, -0.1) is 0 Å². The maximum atomic E-state index is 12.6.